The van der Waals surface area contributed by atoms with Crippen molar-refractivity contribution in [1.29, 1.82) is 0 Å². The molecule has 2 N–H and O–H groups in total. The Bertz CT molecular complexity index is 1110. The molecule has 1 atom stereocenters. The maximum absolute atomic E-state index is 12.6. The summed E-state index contributed by atoms with van der Waals surface area (Å²) in [7, 11) is 1.49. The minimum Gasteiger partial charge on any atom is -0.495 e. The van der Waals surface area contributed by atoms with Crippen LogP contribution in [0.15, 0.2) is 78.9 Å². The van der Waals surface area contributed by atoms with Crippen molar-refractivity contribution < 1.29 is 23.9 Å². The van der Waals surface area contributed by atoms with Crippen LogP contribution in [0.2, 0.25) is 5.02 Å². The molecule has 3 aromatic carbocycles. The molecule has 0 spiro atoms. The van der Waals surface area contributed by atoms with Gasteiger partial charge in [0.1, 0.15) is 5.75 Å². The molecule has 0 saturated heterocycles. The molecule has 0 aromatic heterocycles. The number of benzene rings is 3. The highest BCUT2D eigenvalue weighted by molar-refractivity contribution is 6.32. The van der Waals surface area contributed by atoms with Crippen molar-refractivity contribution in [2.45, 2.75) is 12.5 Å². The van der Waals surface area contributed by atoms with Gasteiger partial charge in [-0.3, -0.25) is 14.4 Å². The lowest BCUT2D eigenvalue weighted by molar-refractivity contribution is -0.147. The van der Waals surface area contributed by atoms with Crippen LogP contribution in [0.25, 0.3) is 0 Å². The number of carbonyl (C=O) groups is 3. The molecule has 0 aliphatic carbocycles. The fourth-order valence-corrected chi connectivity index (χ4v) is 3.34. The Kier molecular flexibility index (Phi) is 8.43. The first-order valence-electron chi connectivity index (χ1n) is 10.2. The second-order valence-corrected chi connectivity index (χ2v) is 7.47. The van der Waals surface area contributed by atoms with Gasteiger partial charge in [0.25, 0.3) is 11.8 Å². The lowest BCUT2D eigenvalue weighted by Gasteiger charge is -2.19. The van der Waals surface area contributed by atoms with Crippen molar-refractivity contribution in [2.24, 2.45) is 0 Å². The lowest BCUT2D eigenvalue weighted by Crippen LogP contribution is -2.31. The molecule has 0 bridgehead atoms. The summed E-state index contributed by atoms with van der Waals surface area (Å²) in [4.78, 5) is 37.2. The number of rotatable bonds is 9. The van der Waals surface area contributed by atoms with Crippen LogP contribution in [0, 0.1) is 0 Å². The summed E-state index contributed by atoms with van der Waals surface area (Å²) in [5.74, 6) is -0.980. The third-order valence-corrected chi connectivity index (χ3v) is 5.01. The summed E-state index contributed by atoms with van der Waals surface area (Å²) >= 11 is 6.05. The van der Waals surface area contributed by atoms with Gasteiger partial charge in [0.05, 0.1) is 24.6 Å². The number of esters is 1. The normalized spacial score (nSPS) is 11.2. The Morgan fingerprint density at radius 2 is 1.61 bits per heavy atom. The average Bonchev–Trinajstić information content (AvgIpc) is 2.83. The highest BCUT2D eigenvalue weighted by Crippen LogP contribution is 2.27. The van der Waals surface area contributed by atoms with E-state index in [0.29, 0.717) is 22.0 Å². The van der Waals surface area contributed by atoms with Crippen molar-refractivity contribution in [3.05, 3.63) is 95.0 Å². The molecule has 1 unspecified atom stereocenters. The van der Waals surface area contributed by atoms with Crippen LogP contribution in [0.5, 0.6) is 5.75 Å². The number of hydrogen-bond donors (Lipinski definition) is 2. The van der Waals surface area contributed by atoms with Gasteiger partial charge in [-0.1, -0.05) is 60.1 Å². The molecular formula is C25H23ClN2O5. The zero-order valence-electron chi connectivity index (χ0n) is 17.9. The van der Waals surface area contributed by atoms with E-state index in [2.05, 4.69) is 10.6 Å². The molecule has 2 amide bonds. The van der Waals surface area contributed by atoms with E-state index in [1.165, 1.54) is 13.2 Å². The SMILES string of the molecule is COc1ccc(NC(=O)COC(=O)CC(NC(=O)c2ccccc2)c2ccccc2)cc1Cl. The number of anilines is 1. The van der Waals surface area contributed by atoms with Crippen LogP contribution < -0.4 is 15.4 Å². The van der Waals surface area contributed by atoms with E-state index in [1.807, 2.05) is 36.4 Å². The molecule has 3 aromatic rings. The maximum Gasteiger partial charge on any atom is 0.308 e. The van der Waals surface area contributed by atoms with Gasteiger partial charge in [0.2, 0.25) is 0 Å². The molecule has 8 heteroatoms. The number of halogens is 1. The summed E-state index contributed by atoms with van der Waals surface area (Å²) in [6.07, 6.45) is -0.135. The monoisotopic (exact) mass is 466 g/mol. The maximum atomic E-state index is 12.6. The van der Waals surface area contributed by atoms with Crippen molar-refractivity contribution in [3.8, 4) is 5.75 Å². The van der Waals surface area contributed by atoms with Crippen LogP contribution in [-0.4, -0.2) is 31.5 Å². The molecule has 0 aliphatic rings. The molecule has 0 aliphatic heterocycles. The van der Waals surface area contributed by atoms with Crippen molar-refractivity contribution in [3.63, 3.8) is 0 Å². The quantitative estimate of drug-likeness (QED) is 0.456. The fourth-order valence-electron chi connectivity index (χ4n) is 3.08. The van der Waals surface area contributed by atoms with E-state index in [1.54, 1.807) is 36.4 Å². The molecule has 0 saturated carbocycles. The van der Waals surface area contributed by atoms with E-state index in [0.717, 1.165) is 5.56 Å². The van der Waals surface area contributed by atoms with Crippen LogP contribution in [-0.2, 0) is 14.3 Å². The molecule has 170 valence electrons. The van der Waals surface area contributed by atoms with Gasteiger partial charge in [-0.15, -0.1) is 0 Å². The topological polar surface area (TPSA) is 93.7 Å². The Labute approximate surface area is 196 Å². The summed E-state index contributed by atoms with van der Waals surface area (Å²) in [5, 5.41) is 5.80. The van der Waals surface area contributed by atoms with Crippen LogP contribution >= 0.6 is 11.6 Å². The minimum atomic E-state index is -0.625. The number of methoxy groups -OCH3 is 1. The first kappa shape index (κ1) is 23.8. The van der Waals surface area contributed by atoms with Crippen molar-refractivity contribution in [1.82, 2.24) is 5.32 Å². The van der Waals surface area contributed by atoms with Gasteiger partial charge < -0.3 is 20.1 Å². The standard InChI is InChI=1S/C25H23ClN2O5/c1-32-22-13-12-19(14-20(22)26)27-23(29)16-33-24(30)15-21(17-8-4-2-5-9-17)28-25(31)18-10-6-3-7-11-18/h2-14,21H,15-16H2,1H3,(H,27,29)(H,28,31). The predicted octanol–water partition coefficient (Wildman–Crippen LogP) is 4.39. The Morgan fingerprint density at radius 3 is 2.24 bits per heavy atom. The second kappa shape index (κ2) is 11.7. The van der Waals surface area contributed by atoms with E-state index < -0.39 is 24.5 Å². The van der Waals surface area contributed by atoms with Gasteiger partial charge in [-0.25, -0.2) is 0 Å². The van der Waals surface area contributed by atoms with Gasteiger partial charge in [0.15, 0.2) is 6.61 Å². The minimum absolute atomic E-state index is 0.135. The fraction of sp³-hybridized carbons (Fsp3) is 0.160. The summed E-state index contributed by atoms with van der Waals surface area (Å²) in [6.45, 7) is -0.476. The number of nitrogens with one attached hydrogen (secondary N) is 2. The Hall–Kier alpha value is -3.84. The third kappa shape index (κ3) is 7.08. The Balaban J connectivity index is 1.58. The summed E-state index contributed by atoms with van der Waals surface area (Å²) < 4.78 is 10.2. The highest BCUT2D eigenvalue weighted by atomic mass is 35.5. The summed E-state index contributed by atoms with van der Waals surface area (Å²) in [5.41, 5.74) is 1.67. The zero-order chi connectivity index (χ0) is 23.6. The van der Waals surface area contributed by atoms with E-state index in [9.17, 15) is 14.4 Å². The number of hydrogen-bond acceptors (Lipinski definition) is 5. The van der Waals surface area contributed by atoms with Gasteiger partial charge in [-0.05, 0) is 35.9 Å². The molecular weight excluding hydrogens is 444 g/mol. The summed E-state index contributed by atoms with van der Waals surface area (Å²) in [6, 6.07) is 21.9. The number of carbonyl (C=O) groups excluding carboxylic acids is 3. The van der Waals surface area contributed by atoms with Crippen LogP contribution in [0.4, 0.5) is 5.69 Å². The number of amides is 2. The molecule has 3 rings (SSSR count). The van der Waals surface area contributed by atoms with E-state index in [-0.39, 0.29) is 12.3 Å². The zero-order valence-corrected chi connectivity index (χ0v) is 18.7. The molecule has 33 heavy (non-hydrogen) atoms. The van der Waals surface area contributed by atoms with E-state index >= 15 is 0 Å². The second-order valence-electron chi connectivity index (χ2n) is 7.07. The highest BCUT2D eigenvalue weighted by Gasteiger charge is 2.20. The predicted molar refractivity (Wildman–Crippen MR) is 125 cm³/mol. The van der Waals surface area contributed by atoms with Gasteiger partial charge in [0, 0.05) is 11.3 Å². The van der Waals surface area contributed by atoms with Gasteiger partial charge in [-0.2, -0.15) is 0 Å². The Morgan fingerprint density at radius 1 is 0.939 bits per heavy atom. The van der Waals surface area contributed by atoms with Crippen molar-refractivity contribution >= 4 is 35.1 Å². The third-order valence-electron chi connectivity index (χ3n) is 4.71. The first-order chi connectivity index (χ1) is 16.0. The number of ether oxygens (including phenoxy) is 2. The first-order valence-corrected chi connectivity index (χ1v) is 10.5. The van der Waals surface area contributed by atoms with E-state index in [4.69, 9.17) is 21.1 Å². The molecule has 0 heterocycles. The molecule has 0 radical (unpaired) electrons. The van der Waals surface area contributed by atoms with Crippen LogP contribution in [0.3, 0.4) is 0 Å². The van der Waals surface area contributed by atoms with Gasteiger partial charge >= 0.3 is 5.97 Å². The molecule has 7 nitrogen and oxygen atoms in total. The van der Waals surface area contributed by atoms with Crippen molar-refractivity contribution in [2.75, 3.05) is 19.0 Å². The average molecular weight is 467 g/mol. The largest absolute Gasteiger partial charge is 0.495 e. The smallest absolute Gasteiger partial charge is 0.308 e. The lowest BCUT2D eigenvalue weighted by atomic mass is 10.0. The van der Waals surface area contributed by atoms with Crippen LogP contribution in [0.1, 0.15) is 28.4 Å². The molecule has 0 fully saturated rings.